The van der Waals surface area contributed by atoms with Crippen LogP contribution in [0.15, 0.2) is 29.2 Å². The van der Waals surface area contributed by atoms with E-state index in [1.807, 2.05) is 0 Å². The third-order valence-corrected chi connectivity index (χ3v) is 6.00. The molecule has 2 aliphatic rings. The van der Waals surface area contributed by atoms with Gasteiger partial charge < -0.3 is 9.47 Å². The summed E-state index contributed by atoms with van der Waals surface area (Å²) >= 11 is 0. The van der Waals surface area contributed by atoms with Crippen molar-refractivity contribution in [3.8, 4) is 5.75 Å². The fraction of sp³-hybridized carbons (Fsp3) is 0.533. The first-order chi connectivity index (χ1) is 10.6. The molecule has 0 aromatic heterocycles. The van der Waals surface area contributed by atoms with E-state index in [0.29, 0.717) is 32.1 Å². The SMILES string of the molecule is O=C(Oc1ccc(S(=O)(=O)N2CCOCC2)cc1)C1CCC1. The number of carbonyl (C=O) groups excluding carboxylic acids is 1. The molecule has 1 saturated carbocycles. The summed E-state index contributed by atoms with van der Waals surface area (Å²) in [6.07, 6.45) is 2.82. The Labute approximate surface area is 130 Å². The maximum Gasteiger partial charge on any atom is 0.314 e. The molecular formula is C15H19NO5S. The molecule has 120 valence electrons. The van der Waals surface area contributed by atoms with E-state index in [0.717, 1.165) is 19.3 Å². The summed E-state index contributed by atoms with van der Waals surface area (Å²) in [6.45, 7) is 1.55. The highest BCUT2D eigenvalue weighted by Gasteiger charge is 2.28. The van der Waals surface area contributed by atoms with Crippen LogP contribution < -0.4 is 4.74 Å². The maximum atomic E-state index is 12.4. The van der Waals surface area contributed by atoms with Gasteiger partial charge in [-0.3, -0.25) is 4.79 Å². The molecule has 0 amide bonds. The van der Waals surface area contributed by atoms with Crippen molar-refractivity contribution in [2.45, 2.75) is 24.2 Å². The molecule has 1 aromatic rings. The van der Waals surface area contributed by atoms with Crippen LogP contribution in [0.5, 0.6) is 5.75 Å². The molecule has 7 heteroatoms. The molecule has 6 nitrogen and oxygen atoms in total. The third kappa shape index (κ3) is 3.16. The number of morpholine rings is 1. The molecule has 0 atom stereocenters. The maximum absolute atomic E-state index is 12.4. The number of benzene rings is 1. The lowest BCUT2D eigenvalue weighted by Crippen LogP contribution is -2.40. The number of carbonyl (C=O) groups is 1. The highest BCUT2D eigenvalue weighted by molar-refractivity contribution is 7.89. The van der Waals surface area contributed by atoms with Crippen LogP contribution in [0.4, 0.5) is 0 Å². The number of esters is 1. The lowest BCUT2D eigenvalue weighted by molar-refractivity contribution is -0.141. The predicted octanol–water partition coefficient (Wildman–Crippen LogP) is 1.41. The molecule has 0 N–H and O–H groups in total. The van der Waals surface area contributed by atoms with E-state index in [2.05, 4.69) is 0 Å². The molecule has 22 heavy (non-hydrogen) atoms. The van der Waals surface area contributed by atoms with Crippen LogP contribution >= 0.6 is 0 Å². The van der Waals surface area contributed by atoms with Gasteiger partial charge >= 0.3 is 5.97 Å². The zero-order valence-electron chi connectivity index (χ0n) is 12.2. The zero-order valence-corrected chi connectivity index (χ0v) is 13.0. The first-order valence-corrected chi connectivity index (χ1v) is 8.91. The van der Waals surface area contributed by atoms with Gasteiger partial charge in [0.2, 0.25) is 10.0 Å². The van der Waals surface area contributed by atoms with Crippen molar-refractivity contribution >= 4 is 16.0 Å². The number of sulfonamides is 1. The molecule has 3 rings (SSSR count). The second-order valence-corrected chi connectivity index (χ2v) is 7.47. The zero-order chi connectivity index (χ0) is 15.6. The molecule has 1 aromatic carbocycles. The second-order valence-electron chi connectivity index (χ2n) is 5.54. The van der Waals surface area contributed by atoms with Gasteiger partial charge in [-0.25, -0.2) is 8.42 Å². The van der Waals surface area contributed by atoms with Gasteiger partial charge in [0.15, 0.2) is 0 Å². The first kappa shape index (κ1) is 15.5. The van der Waals surface area contributed by atoms with E-state index in [4.69, 9.17) is 9.47 Å². The fourth-order valence-electron chi connectivity index (χ4n) is 2.46. The van der Waals surface area contributed by atoms with Gasteiger partial charge in [0.1, 0.15) is 5.75 Å². The van der Waals surface area contributed by atoms with Crippen LogP contribution in [0, 0.1) is 5.92 Å². The van der Waals surface area contributed by atoms with Crippen molar-refractivity contribution in [3.05, 3.63) is 24.3 Å². The van der Waals surface area contributed by atoms with Crippen LogP contribution in [0.1, 0.15) is 19.3 Å². The van der Waals surface area contributed by atoms with Crippen LogP contribution in [-0.2, 0) is 19.6 Å². The van der Waals surface area contributed by atoms with Gasteiger partial charge in [-0.2, -0.15) is 4.31 Å². The van der Waals surface area contributed by atoms with Crippen molar-refractivity contribution in [1.29, 1.82) is 0 Å². The topological polar surface area (TPSA) is 72.9 Å². The number of ether oxygens (including phenoxy) is 2. The minimum Gasteiger partial charge on any atom is -0.426 e. The molecule has 1 saturated heterocycles. The van der Waals surface area contributed by atoms with Crippen LogP contribution in [0.2, 0.25) is 0 Å². The standard InChI is InChI=1S/C15H19NO5S/c17-15(12-2-1-3-12)21-13-4-6-14(7-5-13)22(18,19)16-8-10-20-11-9-16/h4-7,12H,1-3,8-11H2. The van der Waals surface area contributed by atoms with Gasteiger partial charge in [0, 0.05) is 13.1 Å². The minimum absolute atomic E-state index is 0.00300. The summed E-state index contributed by atoms with van der Waals surface area (Å²) in [4.78, 5) is 12.0. The summed E-state index contributed by atoms with van der Waals surface area (Å²) in [5, 5.41) is 0. The molecule has 2 fully saturated rings. The minimum atomic E-state index is -3.50. The quantitative estimate of drug-likeness (QED) is 0.618. The monoisotopic (exact) mass is 325 g/mol. The Hall–Kier alpha value is -1.44. The second kappa shape index (κ2) is 6.36. The van der Waals surface area contributed by atoms with Crippen LogP contribution in [-0.4, -0.2) is 45.0 Å². The highest BCUT2D eigenvalue weighted by atomic mass is 32.2. The summed E-state index contributed by atoms with van der Waals surface area (Å²) in [5.74, 6) is 0.157. The molecule has 0 unspecified atom stereocenters. The van der Waals surface area contributed by atoms with E-state index < -0.39 is 10.0 Å². The molecule has 1 heterocycles. The Balaban J connectivity index is 1.68. The fourth-order valence-corrected chi connectivity index (χ4v) is 3.87. The largest absolute Gasteiger partial charge is 0.426 e. The third-order valence-electron chi connectivity index (χ3n) is 4.09. The van der Waals surface area contributed by atoms with E-state index in [9.17, 15) is 13.2 Å². The number of nitrogens with zero attached hydrogens (tertiary/aromatic N) is 1. The summed E-state index contributed by atoms with van der Waals surface area (Å²) in [6, 6.07) is 6.02. The summed E-state index contributed by atoms with van der Waals surface area (Å²) in [7, 11) is -3.50. The highest BCUT2D eigenvalue weighted by Crippen LogP contribution is 2.28. The van der Waals surface area contributed by atoms with E-state index in [-0.39, 0.29) is 16.8 Å². The molecule has 0 bridgehead atoms. The van der Waals surface area contributed by atoms with Crippen molar-refractivity contribution in [2.75, 3.05) is 26.3 Å². The Kier molecular flexibility index (Phi) is 4.46. The average Bonchev–Trinajstić information content (AvgIpc) is 2.47. The van der Waals surface area contributed by atoms with Gasteiger partial charge in [-0.05, 0) is 37.1 Å². The smallest absolute Gasteiger partial charge is 0.314 e. The van der Waals surface area contributed by atoms with E-state index in [1.54, 1.807) is 0 Å². The molecular weight excluding hydrogens is 306 g/mol. The van der Waals surface area contributed by atoms with Crippen molar-refractivity contribution in [1.82, 2.24) is 4.31 Å². The van der Waals surface area contributed by atoms with Crippen molar-refractivity contribution < 1.29 is 22.7 Å². The van der Waals surface area contributed by atoms with Crippen molar-refractivity contribution in [2.24, 2.45) is 5.92 Å². The van der Waals surface area contributed by atoms with E-state index in [1.165, 1.54) is 28.6 Å². The molecule has 0 radical (unpaired) electrons. The van der Waals surface area contributed by atoms with Gasteiger partial charge in [-0.15, -0.1) is 0 Å². The normalized spacial score (nSPS) is 20.4. The lowest BCUT2D eigenvalue weighted by Gasteiger charge is -2.26. The lowest BCUT2D eigenvalue weighted by atomic mass is 9.86. The Morgan fingerprint density at radius 1 is 1.14 bits per heavy atom. The number of rotatable bonds is 4. The van der Waals surface area contributed by atoms with Gasteiger partial charge in [0.25, 0.3) is 0 Å². The Bertz CT molecular complexity index is 630. The Morgan fingerprint density at radius 3 is 2.32 bits per heavy atom. The van der Waals surface area contributed by atoms with Crippen LogP contribution in [0.3, 0.4) is 0 Å². The number of hydrogen-bond acceptors (Lipinski definition) is 5. The van der Waals surface area contributed by atoms with Crippen LogP contribution in [0.25, 0.3) is 0 Å². The Morgan fingerprint density at radius 2 is 1.77 bits per heavy atom. The van der Waals surface area contributed by atoms with Crippen molar-refractivity contribution in [3.63, 3.8) is 0 Å². The molecule has 1 aliphatic carbocycles. The van der Waals surface area contributed by atoms with Gasteiger partial charge in [-0.1, -0.05) is 6.42 Å². The molecule has 1 aliphatic heterocycles. The van der Waals surface area contributed by atoms with E-state index >= 15 is 0 Å². The number of hydrogen-bond donors (Lipinski definition) is 0. The predicted molar refractivity (Wildman–Crippen MR) is 79.0 cm³/mol. The summed E-state index contributed by atoms with van der Waals surface area (Å²) in [5.41, 5.74) is 0. The van der Waals surface area contributed by atoms with Gasteiger partial charge in [0.05, 0.1) is 24.0 Å². The average molecular weight is 325 g/mol. The summed E-state index contributed by atoms with van der Waals surface area (Å²) < 4.78 is 36.7. The first-order valence-electron chi connectivity index (χ1n) is 7.47. The molecule has 0 spiro atoms.